The molecule has 3 rings (SSSR count). The van der Waals surface area contributed by atoms with Crippen molar-refractivity contribution >= 4 is 0 Å². The van der Waals surface area contributed by atoms with Crippen LogP contribution in [0.2, 0.25) is 0 Å². The van der Waals surface area contributed by atoms with E-state index in [0.29, 0.717) is 13.2 Å². The van der Waals surface area contributed by atoms with Gasteiger partial charge in [-0.05, 0) is 42.4 Å². The summed E-state index contributed by atoms with van der Waals surface area (Å²) in [4.78, 5) is 0. The predicted octanol–water partition coefficient (Wildman–Crippen LogP) is 2.91. The Morgan fingerprint density at radius 3 is 2.30 bits per heavy atom. The van der Waals surface area contributed by atoms with Crippen LogP contribution < -0.4 is 14.8 Å². The largest absolute Gasteiger partial charge is 0.486 e. The van der Waals surface area contributed by atoms with Gasteiger partial charge in [0.25, 0.3) is 0 Å². The topological polar surface area (TPSA) is 30.5 Å². The van der Waals surface area contributed by atoms with Crippen LogP contribution in [0.25, 0.3) is 0 Å². The van der Waals surface area contributed by atoms with Crippen LogP contribution in [0.1, 0.15) is 17.2 Å². The van der Waals surface area contributed by atoms with Crippen molar-refractivity contribution in [3.8, 4) is 11.5 Å². The third kappa shape index (κ3) is 2.47. The van der Waals surface area contributed by atoms with Crippen molar-refractivity contribution in [2.45, 2.75) is 6.04 Å². The van der Waals surface area contributed by atoms with Gasteiger partial charge in [-0.3, -0.25) is 0 Å². The Bertz CT molecular complexity index is 598. The van der Waals surface area contributed by atoms with Gasteiger partial charge in [-0.25, -0.2) is 4.39 Å². The summed E-state index contributed by atoms with van der Waals surface area (Å²) in [5.41, 5.74) is 2.06. The number of fused-ring (bicyclic) bond motifs is 1. The van der Waals surface area contributed by atoms with Crippen LogP contribution in [0.3, 0.4) is 0 Å². The van der Waals surface area contributed by atoms with Crippen molar-refractivity contribution in [3.63, 3.8) is 0 Å². The van der Waals surface area contributed by atoms with Crippen molar-refractivity contribution in [2.24, 2.45) is 0 Å². The molecule has 0 aromatic heterocycles. The van der Waals surface area contributed by atoms with Crippen LogP contribution >= 0.6 is 0 Å². The lowest BCUT2D eigenvalue weighted by molar-refractivity contribution is 0.171. The zero-order valence-electron chi connectivity index (χ0n) is 11.2. The van der Waals surface area contributed by atoms with Crippen molar-refractivity contribution in [3.05, 3.63) is 59.4 Å². The third-order valence-electron chi connectivity index (χ3n) is 3.39. The monoisotopic (exact) mass is 273 g/mol. The first-order valence-corrected chi connectivity index (χ1v) is 6.60. The summed E-state index contributed by atoms with van der Waals surface area (Å²) in [6, 6.07) is 12.4. The summed E-state index contributed by atoms with van der Waals surface area (Å²) >= 11 is 0. The van der Waals surface area contributed by atoms with Crippen molar-refractivity contribution in [2.75, 3.05) is 20.3 Å². The third-order valence-corrected chi connectivity index (χ3v) is 3.39. The number of benzene rings is 2. The van der Waals surface area contributed by atoms with Gasteiger partial charge in [0, 0.05) is 0 Å². The van der Waals surface area contributed by atoms with Crippen LogP contribution in [0.4, 0.5) is 4.39 Å². The van der Waals surface area contributed by atoms with Gasteiger partial charge in [0.05, 0.1) is 6.04 Å². The summed E-state index contributed by atoms with van der Waals surface area (Å²) in [6.07, 6.45) is 0. The molecule has 0 bridgehead atoms. The Balaban J connectivity index is 1.94. The average molecular weight is 273 g/mol. The standard InChI is InChI=1S/C16H16FNO2/c1-18-16(11-2-5-13(17)6-3-11)12-4-7-14-15(10-12)20-9-8-19-14/h2-7,10,16,18H,8-9H2,1H3. The van der Waals surface area contributed by atoms with Gasteiger partial charge in [-0.1, -0.05) is 18.2 Å². The summed E-state index contributed by atoms with van der Waals surface area (Å²) in [6.45, 7) is 1.15. The molecule has 20 heavy (non-hydrogen) atoms. The van der Waals surface area contributed by atoms with Crippen LogP contribution in [0.5, 0.6) is 11.5 Å². The smallest absolute Gasteiger partial charge is 0.161 e. The van der Waals surface area contributed by atoms with E-state index in [1.807, 2.05) is 25.2 Å². The van der Waals surface area contributed by atoms with E-state index in [2.05, 4.69) is 5.32 Å². The molecule has 1 atom stereocenters. The predicted molar refractivity (Wildman–Crippen MR) is 74.7 cm³/mol. The minimum Gasteiger partial charge on any atom is -0.486 e. The Kier molecular flexibility index (Phi) is 3.56. The van der Waals surface area contributed by atoms with Crippen LogP contribution in [0, 0.1) is 5.82 Å². The second kappa shape index (κ2) is 5.51. The maximum atomic E-state index is 13.0. The summed E-state index contributed by atoms with van der Waals surface area (Å²) in [5, 5.41) is 3.24. The molecular weight excluding hydrogens is 257 g/mol. The van der Waals surface area contributed by atoms with Crippen molar-refractivity contribution in [1.29, 1.82) is 0 Å². The fourth-order valence-corrected chi connectivity index (χ4v) is 2.42. The number of hydrogen-bond acceptors (Lipinski definition) is 3. The SMILES string of the molecule is CNC(c1ccc(F)cc1)c1ccc2c(c1)OCCO2. The second-order valence-electron chi connectivity index (χ2n) is 4.68. The summed E-state index contributed by atoms with van der Waals surface area (Å²) in [5.74, 6) is 1.30. The summed E-state index contributed by atoms with van der Waals surface area (Å²) < 4.78 is 24.1. The van der Waals surface area contributed by atoms with Crippen molar-refractivity contribution in [1.82, 2.24) is 5.32 Å². The Hall–Kier alpha value is -2.07. The van der Waals surface area contributed by atoms with E-state index < -0.39 is 0 Å². The molecule has 0 spiro atoms. The molecule has 3 nitrogen and oxygen atoms in total. The number of ether oxygens (including phenoxy) is 2. The Labute approximate surface area is 117 Å². The van der Waals surface area contributed by atoms with Gasteiger partial charge >= 0.3 is 0 Å². The highest BCUT2D eigenvalue weighted by molar-refractivity contribution is 5.46. The van der Waals surface area contributed by atoms with Gasteiger partial charge < -0.3 is 14.8 Å². The number of halogens is 1. The van der Waals surface area contributed by atoms with E-state index in [1.54, 1.807) is 12.1 Å². The highest BCUT2D eigenvalue weighted by Gasteiger charge is 2.17. The molecular formula is C16H16FNO2. The molecule has 0 amide bonds. The minimum atomic E-state index is -0.231. The molecule has 1 aliphatic rings. The number of nitrogens with one attached hydrogen (secondary N) is 1. The van der Waals surface area contributed by atoms with E-state index in [-0.39, 0.29) is 11.9 Å². The Morgan fingerprint density at radius 1 is 0.950 bits per heavy atom. The lowest BCUT2D eigenvalue weighted by Gasteiger charge is -2.22. The first-order valence-electron chi connectivity index (χ1n) is 6.60. The minimum absolute atomic E-state index is 0.00794. The average Bonchev–Trinajstić information content (AvgIpc) is 2.50. The van der Waals surface area contributed by atoms with E-state index in [1.165, 1.54) is 12.1 Å². The fourth-order valence-electron chi connectivity index (χ4n) is 2.42. The maximum Gasteiger partial charge on any atom is 0.161 e. The first kappa shape index (κ1) is 12.9. The summed E-state index contributed by atoms with van der Waals surface area (Å²) in [7, 11) is 1.88. The molecule has 0 saturated carbocycles. The van der Waals surface area contributed by atoms with Crippen LogP contribution in [-0.2, 0) is 0 Å². The molecule has 0 aliphatic carbocycles. The zero-order valence-corrected chi connectivity index (χ0v) is 11.2. The van der Waals surface area contributed by atoms with E-state index in [4.69, 9.17) is 9.47 Å². The molecule has 0 saturated heterocycles. The molecule has 4 heteroatoms. The Morgan fingerprint density at radius 2 is 1.60 bits per heavy atom. The maximum absolute atomic E-state index is 13.0. The molecule has 1 heterocycles. The zero-order chi connectivity index (χ0) is 13.9. The molecule has 1 unspecified atom stereocenters. The molecule has 0 radical (unpaired) electrons. The highest BCUT2D eigenvalue weighted by Crippen LogP contribution is 2.34. The normalized spacial score (nSPS) is 14.9. The molecule has 104 valence electrons. The van der Waals surface area contributed by atoms with Gasteiger partial charge in [-0.2, -0.15) is 0 Å². The fraction of sp³-hybridized carbons (Fsp3) is 0.250. The molecule has 2 aromatic carbocycles. The lowest BCUT2D eigenvalue weighted by Crippen LogP contribution is -2.19. The van der Waals surface area contributed by atoms with Crippen LogP contribution in [-0.4, -0.2) is 20.3 Å². The van der Waals surface area contributed by atoms with E-state index in [0.717, 1.165) is 22.6 Å². The van der Waals surface area contributed by atoms with Gasteiger partial charge in [-0.15, -0.1) is 0 Å². The lowest BCUT2D eigenvalue weighted by atomic mass is 9.98. The highest BCUT2D eigenvalue weighted by atomic mass is 19.1. The quantitative estimate of drug-likeness (QED) is 0.932. The first-order chi connectivity index (χ1) is 9.78. The second-order valence-corrected chi connectivity index (χ2v) is 4.68. The van der Waals surface area contributed by atoms with Crippen LogP contribution in [0.15, 0.2) is 42.5 Å². The van der Waals surface area contributed by atoms with Gasteiger partial charge in [0.15, 0.2) is 11.5 Å². The molecule has 0 fully saturated rings. The van der Waals surface area contributed by atoms with E-state index in [9.17, 15) is 4.39 Å². The van der Waals surface area contributed by atoms with Gasteiger partial charge in [0.2, 0.25) is 0 Å². The van der Waals surface area contributed by atoms with E-state index >= 15 is 0 Å². The molecule has 2 aromatic rings. The number of hydrogen-bond donors (Lipinski definition) is 1. The van der Waals surface area contributed by atoms with Gasteiger partial charge in [0.1, 0.15) is 19.0 Å². The molecule has 1 aliphatic heterocycles. The molecule has 1 N–H and O–H groups in total. The van der Waals surface area contributed by atoms with Crippen molar-refractivity contribution < 1.29 is 13.9 Å². The number of rotatable bonds is 3.